The molecule has 0 spiro atoms. The van der Waals surface area contributed by atoms with Crippen LogP contribution in [-0.4, -0.2) is 27.9 Å². The fourth-order valence-electron chi connectivity index (χ4n) is 2.84. The van der Waals surface area contributed by atoms with E-state index >= 15 is 0 Å². The minimum absolute atomic E-state index is 0.0160. The summed E-state index contributed by atoms with van der Waals surface area (Å²) in [6.07, 6.45) is -2.08. The molecule has 3 rings (SSSR count). The standard InChI is InChI=1S/C19H17F3N4O2/c1-11(15-10-24-17(27)14-6-4-3-5-13(14)15)26(2)18(28)25-12-7-8-23-16(9-12)19(20,21)22/h3-11H,1-2H3,(H,24,27)(H,23,25,28). The number of aromatic nitrogens is 2. The van der Waals surface area contributed by atoms with Gasteiger partial charge in [-0.2, -0.15) is 13.2 Å². The molecule has 0 fully saturated rings. The number of alkyl halides is 3. The molecule has 9 heteroatoms. The first-order chi connectivity index (χ1) is 13.2. The lowest BCUT2D eigenvalue weighted by Gasteiger charge is -2.26. The van der Waals surface area contributed by atoms with E-state index in [0.717, 1.165) is 12.3 Å². The Bertz CT molecular complexity index is 1080. The summed E-state index contributed by atoms with van der Waals surface area (Å²) in [5.74, 6) is 0. The minimum atomic E-state index is -4.60. The van der Waals surface area contributed by atoms with Crippen molar-refractivity contribution in [1.29, 1.82) is 0 Å². The number of rotatable bonds is 3. The van der Waals surface area contributed by atoms with Gasteiger partial charge in [0.25, 0.3) is 5.56 Å². The molecular formula is C19H17F3N4O2. The van der Waals surface area contributed by atoms with E-state index in [1.807, 2.05) is 0 Å². The molecule has 0 saturated carbocycles. The number of halogens is 3. The predicted molar refractivity (Wildman–Crippen MR) is 99.0 cm³/mol. The first kappa shape index (κ1) is 19.4. The average molecular weight is 390 g/mol. The van der Waals surface area contributed by atoms with Gasteiger partial charge in [-0.1, -0.05) is 18.2 Å². The Kier molecular flexibility index (Phi) is 5.08. The number of benzene rings is 1. The van der Waals surface area contributed by atoms with E-state index in [1.54, 1.807) is 31.2 Å². The molecular weight excluding hydrogens is 373 g/mol. The highest BCUT2D eigenvalue weighted by Crippen LogP contribution is 2.29. The second-order valence-electron chi connectivity index (χ2n) is 6.26. The molecule has 0 aliphatic heterocycles. The summed E-state index contributed by atoms with van der Waals surface area (Å²) in [7, 11) is 1.52. The molecule has 0 aliphatic carbocycles. The number of nitrogens with one attached hydrogen (secondary N) is 2. The number of H-pyrrole nitrogens is 1. The number of pyridine rings is 2. The molecule has 2 amide bonds. The Morgan fingerprint density at radius 1 is 1.21 bits per heavy atom. The minimum Gasteiger partial charge on any atom is -0.328 e. The van der Waals surface area contributed by atoms with Crippen LogP contribution in [0.15, 0.2) is 53.6 Å². The largest absolute Gasteiger partial charge is 0.433 e. The van der Waals surface area contributed by atoms with Crippen molar-refractivity contribution in [2.45, 2.75) is 19.1 Å². The number of carbonyl (C=O) groups excluding carboxylic acids is 1. The first-order valence-corrected chi connectivity index (χ1v) is 8.36. The van der Waals surface area contributed by atoms with E-state index in [0.29, 0.717) is 16.3 Å². The number of fused-ring (bicyclic) bond motifs is 1. The van der Waals surface area contributed by atoms with Gasteiger partial charge in [0.15, 0.2) is 0 Å². The van der Waals surface area contributed by atoms with Gasteiger partial charge in [-0.05, 0) is 36.1 Å². The van der Waals surface area contributed by atoms with E-state index in [-0.39, 0.29) is 11.2 Å². The van der Waals surface area contributed by atoms with Crippen LogP contribution in [0.1, 0.15) is 24.2 Å². The average Bonchev–Trinajstić information content (AvgIpc) is 2.67. The van der Waals surface area contributed by atoms with Gasteiger partial charge in [0.2, 0.25) is 0 Å². The summed E-state index contributed by atoms with van der Waals surface area (Å²) in [6, 6.07) is 7.98. The second-order valence-corrected chi connectivity index (χ2v) is 6.26. The van der Waals surface area contributed by atoms with Crippen LogP contribution in [0.5, 0.6) is 0 Å². The normalized spacial score (nSPS) is 12.6. The Labute approximate surface area is 158 Å². The van der Waals surface area contributed by atoms with Crippen LogP contribution in [-0.2, 0) is 6.18 Å². The third-order valence-corrected chi connectivity index (χ3v) is 4.49. The maximum Gasteiger partial charge on any atom is 0.433 e. The molecule has 0 bridgehead atoms. The van der Waals surface area contributed by atoms with Crippen molar-refractivity contribution in [2.75, 3.05) is 12.4 Å². The molecule has 2 aromatic heterocycles. The third kappa shape index (κ3) is 3.83. The molecule has 1 aromatic carbocycles. The Morgan fingerprint density at radius 2 is 1.89 bits per heavy atom. The van der Waals surface area contributed by atoms with Crippen LogP contribution < -0.4 is 10.9 Å². The summed E-state index contributed by atoms with van der Waals surface area (Å²) < 4.78 is 38.3. The van der Waals surface area contributed by atoms with Crippen molar-refractivity contribution in [3.05, 3.63) is 70.4 Å². The van der Waals surface area contributed by atoms with E-state index in [4.69, 9.17) is 0 Å². The number of hydrogen-bond donors (Lipinski definition) is 2. The summed E-state index contributed by atoms with van der Waals surface area (Å²) >= 11 is 0. The monoisotopic (exact) mass is 390 g/mol. The van der Waals surface area contributed by atoms with Crippen molar-refractivity contribution >= 4 is 22.5 Å². The van der Waals surface area contributed by atoms with Gasteiger partial charge in [0.05, 0.1) is 6.04 Å². The van der Waals surface area contributed by atoms with E-state index in [9.17, 15) is 22.8 Å². The van der Waals surface area contributed by atoms with Crippen molar-refractivity contribution in [1.82, 2.24) is 14.9 Å². The number of hydrogen-bond acceptors (Lipinski definition) is 3. The lowest BCUT2D eigenvalue weighted by Crippen LogP contribution is -2.34. The number of urea groups is 1. The Balaban J connectivity index is 1.85. The van der Waals surface area contributed by atoms with Crippen molar-refractivity contribution in [2.24, 2.45) is 0 Å². The third-order valence-electron chi connectivity index (χ3n) is 4.49. The zero-order valence-corrected chi connectivity index (χ0v) is 15.0. The van der Waals surface area contributed by atoms with Gasteiger partial charge in [0.1, 0.15) is 5.69 Å². The molecule has 6 nitrogen and oxygen atoms in total. The number of aromatic amines is 1. The lowest BCUT2D eigenvalue weighted by molar-refractivity contribution is -0.141. The zero-order chi connectivity index (χ0) is 20.5. The first-order valence-electron chi connectivity index (χ1n) is 8.36. The van der Waals surface area contributed by atoms with Crippen molar-refractivity contribution in [3.63, 3.8) is 0 Å². The summed E-state index contributed by atoms with van der Waals surface area (Å²) in [5, 5.41) is 3.63. The van der Waals surface area contributed by atoms with Crippen LogP contribution in [0.3, 0.4) is 0 Å². The molecule has 146 valence electrons. The number of carbonyl (C=O) groups is 1. The Hall–Kier alpha value is -3.36. The SMILES string of the molecule is CC(c1c[nH]c(=O)c2ccccc12)N(C)C(=O)Nc1ccnc(C(F)(F)F)c1. The molecule has 1 unspecified atom stereocenters. The molecule has 2 N–H and O–H groups in total. The molecule has 1 atom stereocenters. The van der Waals surface area contributed by atoms with Gasteiger partial charge < -0.3 is 15.2 Å². The molecule has 28 heavy (non-hydrogen) atoms. The smallest absolute Gasteiger partial charge is 0.328 e. The molecule has 0 radical (unpaired) electrons. The highest BCUT2D eigenvalue weighted by molar-refractivity contribution is 5.90. The van der Waals surface area contributed by atoms with Gasteiger partial charge >= 0.3 is 12.2 Å². The fraction of sp³-hybridized carbons (Fsp3) is 0.211. The van der Waals surface area contributed by atoms with Crippen LogP contribution in [0, 0.1) is 0 Å². The molecule has 2 heterocycles. The quantitative estimate of drug-likeness (QED) is 0.705. The zero-order valence-electron chi connectivity index (χ0n) is 15.0. The number of amides is 2. The summed E-state index contributed by atoms with van der Waals surface area (Å²) in [4.78, 5) is 31.7. The maximum absolute atomic E-state index is 12.8. The van der Waals surface area contributed by atoms with Crippen LogP contribution in [0.4, 0.5) is 23.7 Å². The topological polar surface area (TPSA) is 78.1 Å². The molecule has 0 aliphatic rings. The molecule has 3 aromatic rings. The van der Waals surface area contributed by atoms with Gasteiger partial charge in [-0.3, -0.25) is 9.78 Å². The van der Waals surface area contributed by atoms with Crippen LogP contribution in [0.2, 0.25) is 0 Å². The van der Waals surface area contributed by atoms with E-state index in [2.05, 4.69) is 15.3 Å². The van der Waals surface area contributed by atoms with Gasteiger partial charge in [-0.15, -0.1) is 0 Å². The van der Waals surface area contributed by atoms with Crippen LogP contribution in [0.25, 0.3) is 10.8 Å². The number of nitrogens with zero attached hydrogens (tertiary/aromatic N) is 2. The maximum atomic E-state index is 12.8. The lowest BCUT2D eigenvalue weighted by atomic mass is 10.0. The van der Waals surface area contributed by atoms with Gasteiger partial charge in [0, 0.05) is 30.5 Å². The summed E-state index contributed by atoms with van der Waals surface area (Å²) in [5.41, 5.74) is -0.640. The number of anilines is 1. The van der Waals surface area contributed by atoms with Crippen molar-refractivity contribution < 1.29 is 18.0 Å². The molecule has 0 saturated heterocycles. The Morgan fingerprint density at radius 3 is 2.57 bits per heavy atom. The highest BCUT2D eigenvalue weighted by atomic mass is 19.4. The summed E-state index contributed by atoms with van der Waals surface area (Å²) in [6.45, 7) is 1.76. The fourth-order valence-corrected chi connectivity index (χ4v) is 2.84. The predicted octanol–water partition coefficient (Wildman–Crippen LogP) is 4.17. The van der Waals surface area contributed by atoms with Gasteiger partial charge in [-0.25, -0.2) is 4.79 Å². The van der Waals surface area contributed by atoms with Crippen molar-refractivity contribution in [3.8, 4) is 0 Å². The van der Waals surface area contributed by atoms with E-state index in [1.165, 1.54) is 24.2 Å². The highest BCUT2D eigenvalue weighted by Gasteiger charge is 2.32. The van der Waals surface area contributed by atoms with E-state index < -0.39 is 23.9 Å². The van der Waals surface area contributed by atoms with Crippen LogP contribution >= 0.6 is 0 Å². The second kappa shape index (κ2) is 7.34.